The molecule has 138 valence electrons. The Hall–Kier alpha value is -2.67. The minimum absolute atomic E-state index is 0.152. The fourth-order valence-corrected chi connectivity index (χ4v) is 3.27. The van der Waals surface area contributed by atoms with Gasteiger partial charge in [-0.15, -0.1) is 0 Å². The van der Waals surface area contributed by atoms with Crippen molar-refractivity contribution in [2.24, 2.45) is 0 Å². The van der Waals surface area contributed by atoms with Crippen LogP contribution in [0.25, 0.3) is 0 Å². The van der Waals surface area contributed by atoms with Crippen molar-refractivity contribution in [3.8, 4) is 0 Å². The molecule has 7 nitrogen and oxygen atoms in total. The Bertz CT molecular complexity index is 793. The first kappa shape index (κ1) is 18.1. The van der Waals surface area contributed by atoms with Crippen molar-refractivity contribution < 1.29 is 24.0 Å². The first-order valence-electron chi connectivity index (χ1n) is 8.64. The Morgan fingerprint density at radius 1 is 1.27 bits per heavy atom. The van der Waals surface area contributed by atoms with Gasteiger partial charge in [-0.05, 0) is 25.0 Å². The van der Waals surface area contributed by atoms with Crippen molar-refractivity contribution in [1.82, 2.24) is 10.5 Å². The van der Waals surface area contributed by atoms with E-state index in [1.165, 1.54) is 0 Å². The van der Waals surface area contributed by atoms with Crippen molar-refractivity contribution in [2.45, 2.75) is 38.1 Å². The normalized spacial score (nSPS) is 16.2. The third-order valence-corrected chi connectivity index (χ3v) is 4.69. The molecular formula is C19H22N2O5. The summed E-state index contributed by atoms with van der Waals surface area (Å²) < 4.78 is 10.9. The summed E-state index contributed by atoms with van der Waals surface area (Å²) in [6.07, 6.45) is 1.77. The van der Waals surface area contributed by atoms with Crippen LogP contribution in [0.15, 0.2) is 34.9 Å². The maximum Gasteiger partial charge on any atom is 0.335 e. The van der Waals surface area contributed by atoms with Gasteiger partial charge in [0.15, 0.2) is 5.76 Å². The second kappa shape index (κ2) is 7.70. The third-order valence-electron chi connectivity index (χ3n) is 4.69. The van der Waals surface area contributed by atoms with Crippen molar-refractivity contribution in [1.29, 1.82) is 0 Å². The Balaban J connectivity index is 1.70. The number of nitrogens with zero attached hydrogens (tertiary/aromatic N) is 1. The number of ether oxygens (including phenoxy) is 1. The van der Waals surface area contributed by atoms with E-state index in [9.17, 15) is 14.7 Å². The highest BCUT2D eigenvalue weighted by Gasteiger charge is 2.39. The minimum atomic E-state index is -0.987. The quantitative estimate of drug-likeness (QED) is 0.822. The first-order chi connectivity index (χ1) is 12.5. The maximum atomic E-state index is 12.6. The highest BCUT2D eigenvalue weighted by atomic mass is 16.5. The molecule has 1 aliphatic rings. The lowest BCUT2D eigenvalue weighted by molar-refractivity contribution is -0.125. The number of amides is 1. The molecule has 7 heteroatoms. The van der Waals surface area contributed by atoms with E-state index >= 15 is 0 Å². The van der Waals surface area contributed by atoms with Gasteiger partial charge >= 0.3 is 5.97 Å². The summed E-state index contributed by atoms with van der Waals surface area (Å²) in [5.41, 5.74) is 1.01. The summed E-state index contributed by atoms with van der Waals surface area (Å²) in [4.78, 5) is 23.9. The molecule has 0 radical (unpaired) electrons. The molecule has 1 fully saturated rings. The van der Waals surface area contributed by atoms with Gasteiger partial charge in [0.2, 0.25) is 5.91 Å². The van der Waals surface area contributed by atoms with E-state index in [-0.39, 0.29) is 17.9 Å². The van der Waals surface area contributed by atoms with Gasteiger partial charge in [0.25, 0.3) is 0 Å². The summed E-state index contributed by atoms with van der Waals surface area (Å²) in [5.74, 6) is -0.502. The second-order valence-corrected chi connectivity index (χ2v) is 6.54. The van der Waals surface area contributed by atoms with Crippen LogP contribution in [-0.2, 0) is 21.5 Å². The lowest BCUT2D eigenvalue weighted by Gasteiger charge is -2.35. The van der Waals surface area contributed by atoms with E-state index in [2.05, 4.69) is 10.5 Å². The molecule has 2 N–H and O–H groups in total. The van der Waals surface area contributed by atoms with Crippen molar-refractivity contribution >= 4 is 11.9 Å². The highest BCUT2D eigenvalue weighted by molar-refractivity contribution is 5.89. The number of aromatic nitrogens is 1. The van der Waals surface area contributed by atoms with Crippen LogP contribution in [-0.4, -0.2) is 35.4 Å². The highest BCUT2D eigenvalue weighted by Crippen LogP contribution is 2.32. The predicted molar refractivity (Wildman–Crippen MR) is 92.8 cm³/mol. The molecule has 0 spiro atoms. The average Bonchev–Trinajstić information content (AvgIpc) is 3.08. The van der Waals surface area contributed by atoms with E-state index in [0.717, 1.165) is 5.69 Å². The monoisotopic (exact) mass is 358 g/mol. The van der Waals surface area contributed by atoms with Gasteiger partial charge < -0.3 is 19.7 Å². The Kier molecular flexibility index (Phi) is 5.37. The van der Waals surface area contributed by atoms with Crippen LogP contribution in [0.4, 0.5) is 0 Å². The smallest absolute Gasteiger partial charge is 0.335 e. The summed E-state index contributed by atoms with van der Waals surface area (Å²) >= 11 is 0. The second-order valence-electron chi connectivity index (χ2n) is 6.54. The average molecular weight is 358 g/mol. The van der Waals surface area contributed by atoms with Gasteiger partial charge in [0.05, 0.1) is 11.3 Å². The van der Waals surface area contributed by atoms with Gasteiger partial charge in [-0.1, -0.05) is 23.4 Å². The number of nitrogens with one attached hydrogen (secondary N) is 1. The van der Waals surface area contributed by atoms with Crippen LogP contribution in [0.3, 0.4) is 0 Å². The Morgan fingerprint density at radius 2 is 2.00 bits per heavy atom. The lowest BCUT2D eigenvalue weighted by atomic mass is 9.86. The first-order valence-corrected chi connectivity index (χ1v) is 8.64. The van der Waals surface area contributed by atoms with Gasteiger partial charge in [0.1, 0.15) is 5.54 Å². The zero-order valence-corrected chi connectivity index (χ0v) is 14.7. The molecular weight excluding hydrogens is 336 g/mol. The molecule has 2 aromatic rings. The van der Waals surface area contributed by atoms with Crippen molar-refractivity contribution in [2.75, 3.05) is 13.2 Å². The molecule has 0 unspecified atom stereocenters. The number of hydrogen-bond donors (Lipinski definition) is 2. The van der Waals surface area contributed by atoms with Crippen molar-refractivity contribution in [3.63, 3.8) is 0 Å². The van der Waals surface area contributed by atoms with E-state index in [0.29, 0.717) is 43.8 Å². The summed E-state index contributed by atoms with van der Waals surface area (Å²) in [6.45, 7) is 2.90. The summed E-state index contributed by atoms with van der Waals surface area (Å²) in [6, 6.07) is 8.58. The number of carbonyl (C=O) groups excluding carboxylic acids is 1. The molecule has 1 amide bonds. The molecule has 0 saturated carbocycles. The number of carbonyl (C=O) groups is 2. The fourth-order valence-electron chi connectivity index (χ4n) is 3.27. The number of carboxylic acids is 1. The fraction of sp³-hybridized carbons (Fsp3) is 0.421. The van der Waals surface area contributed by atoms with E-state index < -0.39 is 11.5 Å². The summed E-state index contributed by atoms with van der Waals surface area (Å²) in [5, 5.41) is 16.3. The van der Waals surface area contributed by atoms with Gasteiger partial charge in [-0.3, -0.25) is 4.79 Å². The van der Waals surface area contributed by atoms with Crippen LogP contribution in [0.1, 0.15) is 46.6 Å². The molecule has 3 rings (SSSR count). The Morgan fingerprint density at radius 3 is 2.65 bits per heavy atom. The van der Waals surface area contributed by atoms with Gasteiger partial charge in [0, 0.05) is 38.5 Å². The lowest BCUT2D eigenvalue weighted by Crippen LogP contribution is -2.49. The third kappa shape index (κ3) is 3.94. The standard InChI is InChI=1S/C19H22N2O5/c1-13-12-16(26-21-13)19(8-10-25-11-9-19)20-17(22)7-6-14-4-2-3-5-15(14)18(23)24/h2-5,12H,6-11H2,1H3,(H,20,22)(H,23,24). The molecule has 1 aromatic carbocycles. The van der Waals surface area contributed by atoms with Crippen LogP contribution in [0.2, 0.25) is 0 Å². The SMILES string of the molecule is Cc1cc(C2(NC(=O)CCc3ccccc3C(=O)O)CCOCC2)on1. The number of carboxylic acid groups (broad SMARTS) is 1. The summed E-state index contributed by atoms with van der Waals surface area (Å²) in [7, 11) is 0. The maximum absolute atomic E-state index is 12.6. The van der Waals surface area contributed by atoms with Gasteiger partial charge in [-0.25, -0.2) is 4.79 Å². The zero-order chi connectivity index (χ0) is 18.6. The predicted octanol–water partition coefficient (Wildman–Crippen LogP) is 2.44. The largest absolute Gasteiger partial charge is 0.478 e. The number of aryl methyl sites for hydroxylation is 2. The van der Waals surface area contributed by atoms with E-state index in [4.69, 9.17) is 9.26 Å². The van der Waals surface area contributed by atoms with Crippen molar-refractivity contribution in [3.05, 3.63) is 52.9 Å². The van der Waals surface area contributed by atoms with Crippen LogP contribution >= 0.6 is 0 Å². The molecule has 0 aliphatic carbocycles. The van der Waals surface area contributed by atoms with Crippen LogP contribution in [0.5, 0.6) is 0 Å². The number of hydrogen-bond acceptors (Lipinski definition) is 5. The Labute approximate surface area is 151 Å². The zero-order valence-electron chi connectivity index (χ0n) is 14.7. The molecule has 2 heterocycles. The number of benzene rings is 1. The number of aromatic carboxylic acids is 1. The van der Waals surface area contributed by atoms with E-state index in [1.54, 1.807) is 24.3 Å². The van der Waals surface area contributed by atoms with Crippen LogP contribution in [0, 0.1) is 6.92 Å². The minimum Gasteiger partial charge on any atom is -0.478 e. The topological polar surface area (TPSA) is 102 Å². The molecule has 0 atom stereocenters. The van der Waals surface area contributed by atoms with Gasteiger partial charge in [-0.2, -0.15) is 0 Å². The van der Waals surface area contributed by atoms with E-state index in [1.807, 2.05) is 13.0 Å². The molecule has 1 aromatic heterocycles. The van der Waals surface area contributed by atoms with Crippen LogP contribution < -0.4 is 5.32 Å². The number of rotatable bonds is 6. The molecule has 26 heavy (non-hydrogen) atoms. The molecule has 1 aliphatic heterocycles. The molecule has 0 bridgehead atoms. The molecule has 1 saturated heterocycles.